The fourth-order valence-corrected chi connectivity index (χ4v) is 4.27. The maximum absolute atomic E-state index is 13.4. The zero-order chi connectivity index (χ0) is 21.1. The molecule has 0 saturated carbocycles. The van der Waals surface area contributed by atoms with Crippen molar-refractivity contribution in [1.29, 1.82) is 0 Å². The van der Waals surface area contributed by atoms with Crippen molar-refractivity contribution in [3.05, 3.63) is 53.1 Å². The fraction of sp³-hybridized carbons (Fsp3) is 0.391. The van der Waals surface area contributed by atoms with E-state index >= 15 is 0 Å². The molecule has 0 spiro atoms. The van der Waals surface area contributed by atoms with Crippen molar-refractivity contribution in [3.8, 4) is 0 Å². The number of aryl methyl sites for hydroxylation is 2. The highest BCUT2D eigenvalue weighted by Gasteiger charge is 2.22. The number of amides is 1. The quantitative estimate of drug-likeness (QED) is 0.572. The molecule has 0 saturated heterocycles. The van der Waals surface area contributed by atoms with Gasteiger partial charge >= 0.3 is 0 Å². The van der Waals surface area contributed by atoms with Gasteiger partial charge in [-0.2, -0.15) is 0 Å². The first-order valence-corrected chi connectivity index (χ1v) is 10.7. The SMILES string of the molecule is Cc1ccc2sc(N(CCCN(C)C)C(=O)c3ccc(N(C)C)cc3)nc2c1C. The molecule has 1 amide bonds. The van der Waals surface area contributed by atoms with Crippen LogP contribution in [-0.2, 0) is 0 Å². The van der Waals surface area contributed by atoms with Crippen LogP contribution in [0.3, 0.4) is 0 Å². The molecule has 1 heterocycles. The van der Waals surface area contributed by atoms with Crippen LogP contribution in [-0.4, -0.2) is 57.1 Å². The van der Waals surface area contributed by atoms with Crippen molar-refractivity contribution in [2.24, 2.45) is 0 Å². The summed E-state index contributed by atoms with van der Waals surface area (Å²) in [6.45, 7) is 5.76. The van der Waals surface area contributed by atoms with E-state index in [1.54, 1.807) is 11.3 Å². The Labute approximate surface area is 177 Å². The molecule has 6 heteroatoms. The highest BCUT2D eigenvalue weighted by Crippen LogP contribution is 2.33. The van der Waals surface area contributed by atoms with Gasteiger partial charge in [-0.25, -0.2) is 4.98 Å². The van der Waals surface area contributed by atoms with Crippen LogP contribution in [0.25, 0.3) is 10.2 Å². The average molecular weight is 411 g/mol. The monoisotopic (exact) mass is 410 g/mol. The summed E-state index contributed by atoms with van der Waals surface area (Å²) in [4.78, 5) is 24.3. The normalized spacial score (nSPS) is 11.3. The Hall–Kier alpha value is -2.44. The van der Waals surface area contributed by atoms with Crippen LogP contribution in [0.5, 0.6) is 0 Å². The molecule has 0 aliphatic carbocycles. The Kier molecular flexibility index (Phi) is 6.55. The Balaban J connectivity index is 1.95. The Morgan fingerprint density at radius 3 is 2.28 bits per heavy atom. The second-order valence-electron chi connectivity index (χ2n) is 7.91. The van der Waals surface area contributed by atoms with Crippen LogP contribution in [0.2, 0.25) is 0 Å². The topological polar surface area (TPSA) is 39.7 Å². The first-order chi connectivity index (χ1) is 13.8. The third-order valence-electron chi connectivity index (χ3n) is 5.17. The van der Waals surface area contributed by atoms with Crippen LogP contribution in [0, 0.1) is 13.8 Å². The van der Waals surface area contributed by atoms with Gasteiger partial charge in [-0.15, -0.1) is 0 Å². The fourth-order valence-electron chi connectivity index (χ4n) is 3.22. The lowest BCUT2D eigenvalue weighted by molar-refractivity contribution is 0.0986. The van der Waals surface area contributed by atoms with Crippen molar-refractivity contribution in [1.82, 2.24) is 9.88 Å². The molecule has 2 aromatic carbocycles. The number of anilines is 2. The number of rotatable bonds is 7. The van der Waals surface area contributed by atoms with Gasteiger partial charge in [-0.1, -0.05) is 17.4 Å². The average Bonchev–Trinajstić information content (AvgIpc) is 3.12. The van der Waals surface area contributed by atoms with Crippen molar-refractivity contribution in [3.63, 3.8) is 0 Å². The number of carbonyl (C=O) groups excluding carboxylic acids is 1. The van der Waals surface area contributed by atoms with Gasteiger partial charge in [-0.05, 0) is 82.4 Å². The summed E-state index contributed by atoms with van der Waals surface area (Å²) in [5.41, 5.74) is 5.16. The number of aromatic nitrogens is 1. The number of nitrogens with zero attached hydrogens (tertiary/aromatic N) is 4. The lowest BCUT2D eigenvalue weighted by atomic mass is 10.1. The molecule has 5 nitrogen and oxygen atoms in total. The van der Waals surface area contributed by atoms with E-state index in [9.17, 15) is 4.79 Å². The predicted molar refractivity (Wildman–Crippen MR) is 125 cm³/mol. The molecule has 3 aromatic rings. The lowest BCUT2D eigenvalue weighted by Gasteiger charge is -2.21. The molecule has 0 atom stereocenters. The zero-order valence-corrected chi connectivity index (χ0v) is 19.0. The standard InChI is InChI=1S/C23H30N4OS/c1-16-8-13-20-21(17(16)2)24-23(29-20)27(15-7-14-25(3)4)22(28)18-9-11-19(12-10-18)26(5)6/h8-13H,7,14-15H2,1-6H3. The van der Waals surface area contributed by atoms with Crippen molar-refractivity contribution >= 4 is 38.3 Å². The molecule has 3 rings (SSSR count). The molecule has 0 radical (unpaired) electrons. The third-order valence-corrected chi connectivity index (χ3v) is 6.21. The van der Waals surface area contributed by atoms with E-state index < -0.39 is 0 Å². The number of carbonyl (C=O) groups is 1. The molecule has 154 valence electrons. The molecule has 0 fully saturated rings. The van der Waals surface area contributed by atoms with E-state index in [1.165, 1.54) is 11.1 Å². The van der Waals surface area contributed by atoms with Crippen LogP contribution >= 0.6 is 11.3 Å². The molecule has 0 aliphatic rings. The minimum Gasteiger partial charge on any atom is -0.378 e. The minimum atomic E-state index is 0.00231. The van der Waals surface area contributed by atoms with Crippen molar-refractivity contribution in [2.45, 2.75) is 20.3 Å². The predicted octanol–water partition coefficient (Wildman–Crippen LogP) is 4.58. The molecule has 29 heavy (non-hydrogen) atoms. The lowest BCUT2D eigenvalue weighted by Crippen LogP contribution is -2.33. The Bertz CT molecular complexity index is 992. The zero-order valence-electron chi connectivity index (χ0n) is 18.2. The van der Waals surface area contributed by atoms with Crippen LogP contribution in [0.15, 0.2) is 36.4 Å². The van der Waals surface area contributed by atoms with Gasteiger partial charge in [0, 0.05) is 31.9 Å². The van der Waals surface area contributed by atoms with Crippen LogP contribution in [0.4, 0.5) is 10.8 Å². The molecule has 0 bridgehead atoms. The summed E-state index contributed by atoms with van der Waals surface area (Å²) in [5, 5.41) is 0.772. The molecular weight excluding hydrogens is 380 g/mol. The summed E-state index contributed by atoms with van der Waals surface area (Å²) in [6.07, 6.45) is 0.891. The smallest absolute Gasteiger partial charge is 0.260 e. The minimum absolute atomic E-state index is 0.00231. The highest BCUT2D eigenvalue weighted by molar-refractivity contribution is 7.22. The van der Waals surface area contributed by atoms with Gasteiger partial charge in [0.15, 0.2) is 5.13 Å². The highest BCUT2D eigenvalue weighted by atomic mass is 32.1. The van der Waals surface area contributed by atoms with Gasteiger partial charge < -0.3 is 9.80 Å². The van der Waals surface area contributed by atoms with Crippen molar-refractivity contribution < 1.29 is 4.79 Å². The van der Waals surface area contributed by atoms with Crippen LogP contribution < -0.4 is 9.80 Å². The van der Waals surface area contributed by atoms with Crippen molar-refractivity contribution in [2.75, 3.05) is 51.1 Å². The van der Waals surface area contributed by atoms with Gasteiger partial charge in [0.1, 0.15) is 0 Å². The van der Waals surface area contributed by atoms with Gasteiger partial charge in [0.25, 0.3) is 5.91 Å². The summed E-state index contributed by atoms with van der Waals surface area (Å²) in [6, 6.07) is 12.0. The van der Waals surface area contributed by atoms with E-state index in [0.29, 0.717) is 12.1 Å². The van der Waals surface area contributed by atoms with E-state index in [1.807, 2.05) is 48.2 Å². The number of thiazole rings is 1. The largest absolute Gasteiger partial charge is 0.378 e. The van der Waals surface area contributed by atoms with Crippen LogP contribution in [0.1, 0.15) is 27.9 Å². The van der Waals surface area contributed by atoms with Gasteiger partial charge in [0.05, 0.1) is 10.2 Å². The van der Waals surface area contributed by atoms with E-state index in [4.69, 9.17) is 4.98 Å². The second kappa shape index (κ2) is 8.93. The molecule has 0 aliphatic heterocycles. The van der Waals surface area contributed by atoms with E-state index in [2.05, 4.69) is 45.0 Å². The van der Waals surface area contributed by atoms with Gasteiger partial charge in [0.2, 0.25) is 0 Å². The number of benzene rings is 2. The Morgan fingerprint density at radius 2 is 1.66 bits per heavy atom. The summed E-state index contributed by atoms with van der Waals surface area (Å²) < 4.78 is 1.12. The summed E-state index contributed by atoms with van der Waals surface area (Å²) in [5.74, 6) is 0.00231. The van der Waals surface area contributed by atoms with E-state index in [-0.39, 0.29) is 5.91 Å². The first kappa shape index (κ1) is 21.3. The molecular formula is C23H30N4OS. The maximum atomic E-state index is 13.4. The third kappa shape index (κ3) is 4.77. The second-order valence-corrected chi connectivity index (χ2v) is 8.91. The molecule has 1 aromatic heterocycles. The maximum Gasteiger partial charge on any atom is 0.260 e. The number of hydrogen-bond donors (Lipinski definition) is 0. The number of fused-ring (bicyclic) bond motifs is 1. The van der Waals surface area contributed by atoms with Gasteiger partial charge in [-0.3, -0.25) is 9.69 Å². The molecule has 0 N–H and O–H groups in total. The summed E-state index contributed by atoms with van der Waals surface area (Å²) >= 11 is 1.59. The van der Waals surface area contributed by atoms with E-state index in [0.717, 1.165) is 34.0 Å². The Morgan fingerprint density at radius 1 is 0.966 bits per heavy atom. The first-order valence-electron chi connectivity index (χ1n) is 9.88. The molecule has 0 unspecified atom stereocenters. The summed E-state index contributed by atoms with van der Waals surface area (Å²) in [7, 11) is 8.09. The number of hydrogen-bond acceptors (Lipinski definition) is 5.